The van der Waals surface area contributed by atoms with Crippen LogP contribution in [0.15, 0.2) is 18.2 Å². The predicted octanol–water partition coefficient (Wildman–Crippen LogP) is 4.46. The van der Waals surface area contributed by atoms with Gasteiger partial charge < -0.3 is 14.9 Å². The maximum atomic E-state index is 12.9. The molecule has 1 amide bonds. The number of anilines is 1. The molecule has 1 atom stereocenters. The third-order valence-electron chi connectivity index (χ3n) is 7.06. The number of benzene rings is 1. The fourth-order valence-electron chi connectivity index (χ4n) is 5.24. The van der Waals surface area contributed by atoms with Crippen molar-refractivity contribution in [2.75, 3.05) is 31.1 Å². The molecule has 1 saturated carbocycles. The van der Waals surface area contributed by atoms with Gasteiger partial charge in [0.05, 0.1) is 12.0 Å². The van der Waals surface area contributed by atoms with E-state index in [9.17, 15) is 23.1 Å². The number of β-amino-alcohol motifs (C(OH)–C–C–N with tert-alkyl or cyclic N) is 1. The maximum absolute atomic E-state index is 12.9. The minimum atomic E-state index is -4.12. The summed E-state index contributed by atoms with van der Waals surface area (Å²) in [6, 6.07) is 5.79. The Kier molecular flexibility index (Phi) is 6.39. The van der Waals surface area contributed by atoms with Crippen LogP contribution in [-0.2, 0) is 11.2 Å². The zero-order chi connectivity index (χ0) is 21.3. The number of carbonyl (C=O) groups is 1. The van der Waals surface area contributed by atoms with Gasteiger partial charge in [-0.1, -0.05) is 25.0 Å². The number of piperidine rings is 1. The van der Waals surface area contributed by atoms with Crippen LogP contribution in [0.1, 0.15) is 62.2 Å². The molecular formula is C23H31F3N2O2. The van der Waals surface area contributed by atoms with E-state index >= 15 is 0 Å². The topological polar surface area (TPSA) is 43.8 Å². The molecule has 0 aromatic heterocycles. The number of carbonyl (C=O) groups excluding carboxylic acids is 1. The lowest BCUT2D eigenvalue weighted by Crippen LogP contribution is -2.40. The molecule has 1 aromatic rings. The van der Waals surface area contributed by atoms with Gasteiger partial charge in [0, 0.05) is 24.7 Å². The Labute approximate surface area is 176 Å². The number of hydrogen-bond donors (Lipinski definition) is 1. The van der Waals surface area contributed by atoms with Crippen LogP contribution < -0.4 is 4.90 Å². The van der Waals surface area contributed by atoms with E-state index < -0.39 is 18.2 Å². The number of aryl methyl sites for hydroxylation is 1. The normalized spacial score (nSPS) is 22.9. The molecule has 2 fully saturated rings. The lowest BCUT2D eigenvalue weighted by Gasteiger charge is -2.34. The summed E-state index contributed by atoms with van der Waals surface area (Å²) in [6.07, 6.45) is 1.34. The van der Waals surface area contributed by atoms with Gasteiger partial charge in [0.2, 0.25) is 5.91 Å². The van der Waals surface area contributed by atoms with Crippen LogP contribution in [0, 0.1) is 11.8 Å². The number of likely N-dealkylation sites (tertiary alicyclic amines) is 1. The van der Waals surface area contributed by atoms with Crippen LogP contribution in [-0.4, -0.2) is 48.3 Å². The lowest BCUT2D eigenvalue weighted by atomic mass is 9.94. The smallest absolute Gasteiger partial charge is 0.387 e. The Balaban J connectivity index is 1.39. The summed E-state index contributed by atoms with van der Waals surface area (Å²) in [6.45, 7) is 1.80. The van der Waals surface area contributed by atoms with Gasteiger partial charge in [-0.2, -0.15) is 13.2 Å². The second-order valence-corrected chi connectivity index (χ2v) is 9.10. The Morgan fingerprint density at radius 3 is 2.43 bits per heavy atom. The molecule has 3 aliphatic rings. The highest BCUT2D eigenvalue weighted by Crippen LogP contribution is 2.36. The molecule has 166 valence electrons. The van der Waals surface area contributed by atoms with E-state index in [2.05, 4.69) is 0 Å². The highest BCUT2D eigenvalue weighted by Gasteiger charge is 2.41. The SMILES string of the molecule is O=C(C1CCCC1)N1CCCc2cc([C@H](O)CN3CCC(C(F)(F)F)CC3)ccc21. The molecule has 30 heavy (non-hydrogen) atoms. The van der Waals surface area contributed by atoms with E-state index in [0.29, 0.717) is 19.6 Å². The first kappa shape index (κ1) is 21.6. The van der Waals surface area contributed by atoms with Crippen molar-refractivity contribution in [3.63, 3.8) is 0 Å². The third-order valence-corrected chi connectivity index (χ3v) is 7.06. The summed E-state index contributed by atoms with van der Waals surface area (Å²) in [4.78, 5) is 16.8. The van der Waals surface area contributed by atoms with Gasteiger partial charge >= 0.3 is 6.18 Å². The van der Waals surface area contributed by atoms with E-state index in [1.807, 2.05) is 28.0 Å². The first-order valence-electron chi connectivity index (χ1n) is 11.2. The molecule has 0 radical (unpaired) electrons. The predicted molar refractivity (Wildman–Crippen MR) is 109 cm³/mol. The summed E-state index contributed by atoms with van der Waals surface area (Å²) < 4.78 is 38.5. The van der Waals surface area contributed by atoms with Crippen molar-refractivity contribution >= 4 is 11.6 Å². The van der Waals surface area contributed by atoms with Crippen molar-refractivity contribution in [2.45, 2.75) is 63.6 Å². The number of fused-ring (bicyclic) bond motifs is 1. The second kappa shape index (κ2) is 8.87. The van der Waals surface area contributed by atoms with E-state index in [-0.39, 0.29) is 24.7 Å². The van der Waals surface area contributed by atoms with Crippen LogP contribution in [0.5, 0.6) is 0 Å². The van der Waals surface area contributed by atoms with E-state index in [4.69, 9.17) is 0 Å². The molecule has 0 unspecified atom stereocenters. The van der Waals surface area contributed by atoms with Crippen molar-refractivity contribution in [1.29, 1.82) is 0 Å². The monoisotopic (exact) mass is 424 g/mol. The van der Waals surface area contributed by atoms with Crippen LogP contribution in [0.4, 0.5) is 18.9 Å². The summed E-state index contributed by atoms with van der Waals surface area (Å²) in [5.74, 6) is -0.854. The van der Waals surface area contributed by atoms with Crippen LogP contribution in [0.2, 0.25) is 0 Å². The van der Waals surface area contributed by atoms with Crippen LogP contribution >= 0.6 is 0 Å². The van der Waals surface area contributed by atoms with Crippen molar-refractivity contribution in [3.8, 4) is 0 Å². The van der Waals surface area contributed by atoms with Gasteiger partial charge in [-0.05, 0) is 68.8 Å². The number of aliphatic hydroxyl groups is 1. The fourth-order valence-corrected chi connectivity index (χ4v) is 5.24. The van der Waals surface area contributed by atoms with Crippen LogP contribution in [0.25, 0.3) is 0 Å². The molecule has 7 heteroatoms. The van der Waals surface area contributed by atoms with E-state index in [0.717, 1.165) is 61.9 Å². The molecule has 4 nitrogen and oxygen atoms in total. The molecule has 0 bridgehead atoms. The first-order valence-corrected chi connectivity index (χ1v) is 11.2. The number of halogens is 3. The molecule has 2 aliphatic heterocycles. The van der Waals surface area contributed by atoms with E-state index in [1.54, 1.807) is 0 Å². The molecule has 0 spiro atoms. The number of hydrogen-bond acceptors (Lipinski definition) is 3. The van der Waals surface area contributed by atoms with Crippen molar-refractivity contribution < 1.29 is 23.1 Å². The second-order valence-electron chi connectivity index (χ2n) is 9.10. The minimum absolute atomic E-state index is 0.0959. The zero-order valence-corrected chi connectivity index (χ0v) is 17.3. The summed E-state index contributed by atoms with van der Waals surface area (Å²) in [7, 11) is 0. The number of aliphatic hydroxyl groups excluding tert-OH is 1. The highest BCUT2D eigenvalue weighted by atomic mass is 19.4. The molecule has 1 aliphatic carbocycles. The quantitative estimate of drug-likeness (QED) is 0.776. The first-order chi connectivity index (χ1) is 14.3. The Bertz CT molecular complexity index is 753. The average Bonchev–Trinajstić information content (AvgIpc) is 3.27. The largest absolute Gasteiger partial charge is 0.391 e. The molecule has 1 N–H and O–H groups in total. The number of alkyl halides is 3. The average molecular weight is 425 g/mol. The zero-order valence-electron chi connectivity index (χ0n) is 17.3. The van der Waals surface area contributed by atoms with E-state index in [1.165, 1.54) is 0 Å². The summed E-state index contributed by atoms with van der Waals surface area (Å²) in [5, 5.41) is 10.7. The maximum Gasteiger partial charge on any atom is 0.391 e. The third kappa shape index (κ3) is 4.67. The molecule has 4 rings (SSSR count). The summed E-state index contributed by atoms with van der Waals surface area (Å²) >= 11 is 0. The summed E-state index contributed by atoms with van der Waals surface area (Å²) in [5.41, 5.74) is 2.82. The van der Waals surface area contributed by atoms with Gasteiger partial charge in [-0.25, -0.2) is 0 Å². The molecule has 2 heterocycles. The van der Waals surface area contributed by atoms with Gasteiger partial charge in [0.25, 0.3) is 0 Å². The van der Waals surface area contributed by atoms with Crippen LogP contribution in [0.3, 0.4) is 0 Å². The number of nitrogens with zero attached hydrogens (tertiary/aromatic N) is 2. The van der Waals surface area contributed by atoms with Gasteiger partial charge in [0.1, 0.15) is 0 Å². The minimum Gasteiger partial charge on any atom is -0.387 e. The molecular weight excluding hydrogens is 393 g/mol. The lowest BCUT2D eigenvalue weighted by molar-refractivity contribution is -0.185. The fraction of sp³-hybridized carbons (Fsp3) is 0.696. The molecule has 1 aromatic carbocycles. The number of rotatable bonds is 4. The Hall–Kier alpha value is -1.60. The van der Waals surface area contributed by atoms with Crippen molar-refractivity contribution in [3.05, 3.63) is 29.3 Å². The van der Waals surface area contributed by atoms with Gasteiger partial charge in [-0.15, -0.1) is 0 Å². The standard InChI is InChI=1S/C23H31F3N2O2/c24-23(25,26)19-9-12-27(13-10-19)15-21(29)18-7-8-20-17(14-18)6-3-11-28(20)22(30)16-4-1-2-5-16/h7-8,14,16,19,21,29H,1-6,9-13,15H2/t21-/m1/s1. The highest BCUT2D eigenvalue weighted by molar-refractivity contribution is 5.96. The number of amides is 1. The van der Waals surface area contributed by atoms with Gasteiger partial charge in [0.15, 0.2) is 0 Å². The van der Waals surface area contributed by atoms with Crippen molar-refractivity contribution in [1.82, 2.24) is 4.90 Å². The molecule has 1 saturated heterocycles. The van der Waals surface area contributed by atoms with Gasteiger partial charge in [-0.3, -0.25) is 4.79 Å². The Morgan fingerprint density at radius 2 is 1.77 bits per heavy atom. The van der Waals surface area contributed by atoms with Crippen molar-refractivity contribution in [2.24, 2.45) is 11.8 Å². The Morgan fingerprint density at radius 1 is 1.07 bits per heavy atom.